The first-order chi connectivity index (χ1) is 9.15. The molecule has 1 atom stereocenters. The van der Waals surface area contributed by atoms with Gasteiger partial charge in [0.25, 0.3) is 0 Å². The summed E-state index contributed by atoms with van der Waals surface area (Å²) in [5.41, 5.74) is 2.29. The van der Waals surface area contributed by atoms with E-state index in [1.165, 1.54) is 5.56 Å². The van der Waals surface area contributed by atoms with Crippen LogP contribution in [0.2, 0.25) is 0 Å². The molecule has 0 spiro atoms. The van der Waals surface area contributed by atoms with Crippen LogP contribution in [0.5, 0.6) is 0 Å². The molecule has 1 N–H and O–H groups in total. The van der Waals surface area contributed by atoms with Gasteiger partial charge in [-0.1, -0.05) is 49.3 Å². The summed E-state index contributed by atoms with van der Waals surface area (Å²) in [5, 5.41) is 7.60. The predicted octanol–water partition coefficient (Wildman–Crippen LogP) is 3.86. The van der Waals surface area contributed by atoms with Crippen molar-refractivity contribution in [2.45, 2.75) is 39.8 Å². The Morgan fingerprint density at radius 2 is 1.95 bits per heavy atom. The second-order valence-corrected chi connectivity index (χ2v) is 5.40. The fourth-order valence-electron chi connectivity index (χ4n) is 2.22. The van der Waals surface area contributed by atoms with Crippen molar-refractivity contribution in [2.75, 3.05) is 0 Å². The first-order valence-corrected chi connectivity index (χ1v) is 6.85. The van der Waals surface area contributed by atoms with Gasteiger partial charge in [-0.25, -0.2) is 0 Å². The number of nitrogens with zero attached hydrogens (tertiary/aromatic N) is 1. The van der Waals surface area contributed by atoms with Gasteiger partial charge in [0.15, 0.2) is 0 Å². The van der Waals surface area contributed by atoms with E-state index in [9.17, 15) is 0 Å². The summed E-state index contributed by atoms with van der Waals surface area (Å²) in [7, 11) is 0. The Hall–Kier alpha value is -1.61. The van der Waals surface area contributed by atoms with Crippen LogP contribution in [-0.4, -0.2) is 5.16 Å². The Kier molecular flexibility index (Phi) is 4.74. The molecule has 1 unspecified atom stereocenters. The predicted molar refractivity (Wildman–Crippen MR) is 76.7 cm³/mol. The highest BCUT2D eigenvalue weighted by Gasteiger charge is 2.13. The molecule has 3 heteroatoms. The third kappa shape index (κ3) is 4.21. The van der Waals surface area contributed by atoms with Crippen LogP contribution in [0.1, 0.15) is 43.3 Å². The van der Waals surface area contributed by atoms with E-state index >= 15 is 0 Å². The second kappa shape index (κ2) is 6.53. The minimum atomic E-state index is 0.359. The number of benzene rings is 1. The first-order valence-electron chi connectivity index (χ1n) is 6.85. The van der Waals surface area contributed by atoms with Crippen molar-refractivity contribution in [3.05, 3.63) is 53.4 Å². The molecule has 2 aromatic rings. The molecule has 19 heavy (non-hydrogen) atoms. The van der Waals surface area contributed by atoms with Crippen LogP contribution in [-0.2, 0) is 6.54 Å². The summed E-state index contributed by atoms with van der Waals surface area (Å²) in [6.07, 6.45) is 1.11. The fourth-order valence-corrected chi connectivity index (χ4v) is 2.22. The van der Waals surface area contributed by atoms with Crippen molar-refractivity contribution in [2.24, 2.45) is 5.92 Å². The summed E-state index contributed by atoms with van der Waals surface area (Å²) in [6, 6.07) is 12.9. The number of aryl methyl sites for hydroxylation is 1. The lowest BCUT2D eigenvalue weighted by Crippen LogP contribution is -2.22. The molecular formula is C16H22N2O. The summed E-state index contributed by atoms with van der Waals surface area (Å²) in [5.74, 6) is 1.51. The zero-order chi connectivity index (χ0) is 13.7. The van der Waals surface area contributed by atoms with Gasteiger partial charge in [0, 0.05) is 18.7 Å². The number of rotatable bonds is 6. The number of nitrogens with one attached hydrogen (secondary N) is 1. The monoisotopic (exact) mass is 258 g/mol. The van der Waals surface area contributed by atoms with Crippen molar-refractivity contribution in [3.63, 3.8) is 0 Å². The van der Waals surface area contributed by atoms with Gasteiger partial charge >= 0.3 is 0 Å². The van der Waals surface area contributed by atoms with Gasteiger partial charge in [-0.3, -0.25) is 0 Å². The highest BCUT2D eigenvalue weighted by molar-refractivity contribution is 5.19. The maximum absolute atomic E-state index is 5.09. The largest absolute Gasteiger partial charge is 0.361 e. The average Bonchev–Trinajstić information content (AvgIpc) is 2.81. The van der Waals surface area contributed by atoms with Crippen molar-refractivity contribution < 1.29 is 4.52 Å². The molecule has 1 aromatic heterocycles. The number of hydrogen-bond donors (Lipinski definition) is 1. The number of aromatic nitrogens is 1. The molecule has 0 aliphatic carbocycles. The van der Waals surface area contributed by atoms with Gasteiger partial charge in [-0.05, 0) is 24.8 Å². The zero-order valence-electron chi connectivity index (χ0n) is 11.9. The van der Waals surface area contributed by atoms with Crippen LogP contribution >= 0.6 is 0 Å². The van der Waals surface area contributed by atoms with E-state index < -0.39 is 0 Å². The smallest absolute Gasteiger partial charge is 0.133 e. The highest BCUT2D eigenvalue weighted by atomic mass is 16.5. The van der Waals surface area contributed by atoms with Crippen LogP contribution in [0.15, 0.2) is 40.9 Å². The lowest BCUT2D eigenvalue weighted by atomic mass is 9.97. The molecule has 0 bridgehead atoms. The lowest BCUT2D eigenvalue weighted by molar-refractivity contribution is 0.379. The highest BCUT2D eigenvalue weighted by Crippen LogP contribution is 2.21. The molecule has 0 amide bonds. The topological polar surface area (TPSA) is 38.1 Å². The normalized spacial score (nSPS) is 12.8. The molecule has 1 aromatic carbocycles. The zero-order valence-corrected chi connectivity index (χ0v) is 11.9. The van der Waals surface area contributed by atoms with Gasteiger partial charge in [0.2, 0.25) is 0 Å². The Morgan fingerprint density at radius 3 is 2.53 bits per heavy atom. The van der Waals surface area contributed by atoms with Crippen LogP contribution in [0.3, 0.4) is 0 Å². The quantitative estimate of drug-likeness (QED) is 0.855. The van der Waals surface area contributed by atoms with Crippen LogP contribution in [0, 0.1) is 12.8 Å². The SMILES string of the molecule is Cc1cc(CNC(CC(C)C)c2ccccc2)no1. The van der Waals surface area contributed by atoms with E-state index in [2.05, 4.69) is 54.7 Å². The second-order valence-electron chi connectivity index (χ2n) is 5.40. The van der Waals surface area contributed by atoms with E-state index in [4.69, 9.17) is 4.52 Å². The third-order valence-electron chi connectivity index (χ3n) is 3.12. The van der Waals surface area contributed by atoms with Gasteiger partial charge in [0.1, 0.15) is 5.76 Å². The molecule has 0 saturated carbocycles. The van der Waals surface area contributed by atoms with Gasteiger partial charge in [-0.15, -0.1) is 0 Å². The Morgan fingerprint density at radius 1 is 1.21 bits per heavy atom. The van der Waals surface area contributed by atoms with Crippen LogP contribution < -0.4 is 5.32 Å². The summed E-state index contributed by atoms with van der Waals surface area (Å²) in [4.78, 5) is 0. The minimum absolute atomic E-state index is 0.359. The first kappa shape index (κ1) is 13.8. The summed E-state index contributed by atoms with van der Waals surface area (Å²) in [6.45, 7) is 7.15. The standard InChI is InChI=1S/C16H22N2O/c1-12(2)9-16(14-7-5-4-6-8-14)17-11-15-10-13(3)19-18-15/h4-8,10,12,16-17H,9,11H2,1-3H3. The molecule has 2 rings (SSSR count). The average molecular weight is 258 g/mol. The van der Waals surface area contributed by atoms with Gasteiger partial charge < -0.3 is 9.84 Å². The molecule has 1 heterocycles. The summed E-state index contributed by atoms with van der Waals surface area (Å²) >= 11 is 0. The molecule has 0 aliphatic heterocycles. The molecular weight excluding hydrogens is 236 g/mol. The molecule has 0 radical (unpaired) electrons. The molecule has 0 aliphatic rings. The Labute approximate surface area is 115 Å². The van der Waals surface area contributed by atoms with E-state index in [1.807, 2.05) is 13.0 Å². The van der Waals surface area contributed by atoms with Crippen molar-refractivity contribution in [1.82, 2.24) is 10.5 Å². The molecule has 0 fully saturated rings. The third-order valence-corrected chi connectivity index (χ3v) is 3.12. The van der Waals surface area contributed by atoms with Crippen molar-refractivity contribution in [3.8, 4) is 0 Å². The van der Waals surface area contributed by atoms with Gasteiger partial charge in [0.05, 0.1) is 5.69 Å². The molecule has 0 saturated heterocycles. The molecule has 102 valence electrons. The maximum atomic E-state index is 5.09. The van der Waals surface area contributed by atoms with Gasteiger partial charge in [-0.2, -0.15) is 0 Å². The number of hydrogen-bond acceptors (Lipinski definition) is 3. The van der Waals surface area contributed by atoms with Crippen molar-refractivity contribution in [1.29, 1.82) is 0 Å². The Balaban J connectivity index is 2.02. The van der Waals surface area contributed by atoms with Crippen LogP contribution in [0.25, 0.3) is 0 Å². The fraction of sp³-hybridized carbons (Fsp3) is 0.438. The van der Waals surface area contributed by atoms with E-state index in [1.54, 1.807) is 0 Å². The maximum Gasteiger partial charge on any atom is 0.133 e. The Bertz CT molecular complexity index is 490. The van der Waals surface area contributed by atoms with E-state index in [0.29, 0.717) is 12.0 Å². The van der Waals surface area contributed by atoms with Crippen LogP contribution in [0.4, 0.5) is 0 Å². The summed E-state index contributed by atoms with van der Waals surface area (Å²) < 4.78 is 5.09. The van der Waals surface area contributed by atoms with E-state index in [-0.39, 0.29) is 0 Å². The minimum Gasteiger partial charge on any atom is -0.361 e. The lowest BCUT2D eigenvalue weighted by Gasteiger charge is -2.20. The molecule has 3 nitrogen and oxygen atoms in total. The van der Waals surface area contributed by atoms with Crippen molar-refractivity contribution >= 4 is 0 Å². The van der Waals surface area contributed by atoms with E-state index in [0.717, 1.165) is 24.4 Å².